The summed E-state index contributed by atoms with van der Waals surface area (Å²) in [4.78, 5) is 12.1. The van der Waals surface area contributed by atoms with Crippen LogP contribution in [0, 0.1) is 0 Å². The normalized spacial score (nSPS) is 14.8. The van der Waals surface area contributed by atoms with E-state index in [2.05, 4.69) is 12.2 Å². The smallest absolute Gasteiger partial charge is 0.326 e. The summed E-state index contributed by atoms with van der Waals surface area (Å²) in [5.41, 5.74) is -0.831. The van der Waals surface area contributed by atoms with Crippen molar-refractivity contribution in [1.82, 2.24) is 5.32 Å². The first-order valence-corrected chi connectivity index (χ1v) is 7.89. The van der Waals surface area contributed by atoms with Crippen LogP contribution in [0.2, 0.25) is 0 Å². The number of carbonyl (C=O) groups excluding carboxylic acids is 1. The quantitative estimate of drug-likeness (QED) is 0.469. The number of rotatable bonds is 11. The van der Waals surface area contributed by atoms with Gasteiger partial charge in [-0.15, -0.1) is 0 Å². The van der Waals surface area contributed by atoms with Gasteiger partial charge in [0, 0.05) is 6.61 Å². The summed E-state index contributed by atoms with van der Waals surface area (Å²) in [5.74, 6) is -0.215. The van der Waals surface area contributed by atoms with Crippen molar-refractivity contribution in [3.63, 3.8) is 0 Å². The third-order valence-electron chi connectivity index (χ3n) is 3.00. The van der Waals surface area contributed by atoms with Crippen LogP contribution >= 0.6 is 0 Å². The Bertz CT molecular complexity index is 288. The third-order valence-corrected chi connectivity index (χ3v) is 3.00. The molecule has 126 valence electrons. The molecular weight excluding hydrogens is 270 g/mol. The van der Waals surface area contributed by atoms with Gasteiger partial charge in [0.25, 0.3) is 0 Å². The summed E-state index contributed by atoms with van der Waals surface area (Å²) in [6, 6.07) is 0. The molecule has 0 aliphatic carbocycles. The molecule has 1 unspecified atom stereocenters. The van der Waals surface area contributed by atoms with Crippen LogP contribution in [0.5, 0.6) is 0 Å². The Balaban J connectivity index is 4.09. The van der Waals surface area contributed by atoms with Crippen LogP contribution in [0.25, 0.3) is 0 Å². The van der Waals surface area contributed by atoms with Gasteiger partial charge in [-0.1, -0.05) is 6.92 Å². The lowest BCUT2D eigenvalue weighted by Gasteiger charge is -2.28. The van der Waals surface area contributed by atoms with Gasteiger partial charge >= 0.3 is 5.97 Å². The molecule has 0 aliphatic heterocycles. The lowest BCUT2D eigenvalue weighted by molar-refractivity contribution is -0.151. The molecule has 0 aromatic rings. The van der Waals surface area contributed by atoms with Gasteiger partial charge in [0.05, 0.1) is 25.4 Å². The van der Waals surface area contributed by atoms with Crippen molar-refractivity contribution in [2.24, 2.45) is 0 Å². The fourth-order valence-electron chi connectivity index (χ4n) is 1.74. The lowest BCUT2D eigenvalue weighted by atomic mass is 9.98. The van der Waals surface area contributed by atoms with Gasteiger partial charge in [-0.05, 0) is 54.0 Å². The van der Waals surface area contributed by atoms with Gasteiger partial charge in [-0.2, -0.15) is 0 Å². The molecule has 21 heavy (non-hydrogen) atoms. The molecule has 0 radical (unpaired) electrons. The maximum atomic E-state index is 12.1. The average molecular weight is 303 g/mol. The van der Waals surface area contributed by atoms with E-state index in [-0.39, 0.29) is 11.6 Å². The van der Waals surface area contributed by atoms with Crippen LogP contribution in [-0.2, 0) is 19.0 Å². The van der Waals surface area contributed by atoms with Gasteiger partial charge in [0.2, 0.25) is 0 Å². The SMILES string of the molecule is CCCNC(C)(CCOCCOC(C)(C)C)C(=O)OCC. The molecule has 5 heteroatoms. The number of esters is 1. The van der Waals surface area contributed by atoms with Crippen LogP contribution in [0.4, 0.5) is 0 Å². The topological polar surface area (TPSA) is 56.8 Å². The van der Waals surface area contributed by atoms with Crippen LogP contribution in [0.15, 0.2) is 0 Å². The van der Waals surface area contributed by atoms with Crippen LogP contribution in [0.1, 0.15) is 54.4 Å². The molecular formula is C16H33NO4. The molecule has 0 aromatic heterocycles. The first-order valence-electron chi connectivity index (χ1n) is 7.89. The zero-order valence-electron chi connectivity index (χ0n) is 14.6. The van der Waals surface area contributed by atoms with Gasteiger partial charge in [0.15, 0.2) is 0 Å². The van der Waals surface area contributed by atoms with Crippen molar-refractivity contribution in [3.8, 4) is 0 Å². The number of hydrogen-bond donors (Lipinski definition) is 1. The Morgan fingerprint density at radius 1 is 1.05 bits per heavy atom. The van der Waals surface area contributed by atoms with Gasteiger partial charge in [-0.3, -0.25) is 4.79 Å². The highest BCUT2D eigenvalue weighted by Gasteiger charge is 2.33. The Labute approximate surface area is 129 Å². The van der Waals surface area contributed by atoms with Crippen LogP contribution < -0.4 is 5.32 Å². The molecule has 0 saturated heterocycles. The van der Waals surface area contributed by atoms with E-state index < -0.39 is 5.54 Å². The van der Waals surface area contributed by atoms with Crippen LogP contribution in [-0.4, -0.2) is 50.1 Å². The van der Waals surface area contributed by atoms with E-state index >= 15 is 0 Å². The molecule has 0 rings (SSSR count). The summed E-state index contributed by atoms with van der Waals surface area (Å²) in [6.45, 7) is 14.6. The summed E-state index contributed by atoms with van der Waals surface area (Å²) in [6.07, 6.45) is 1.55. The fourth-order valence-corrected chi connectivity index (χ4v) is 1.74. The maximum Gasteiger partial charge on any atom is 0.326 e. The van der Waals surface area contributed by atoms with E-state index in [0.717, 1.165) is 13.0 Å². The van der Waals surface area contributed by atoms with E-state index in [4.69, 9.17) is 14.2 Å². The first kappa shape index (κ1) is 20.3. The Hall–Kier alpha value is -0.650. The predicted octanol–water partition coefficient (Wildman–Crippen LogP) is 2.53. The Kier molecular flexibility index (Phi) is 9.83. The van der Waals surface area contributed by atoms with Gasteiger partial charge in [0.1, 0.15) is 5.54 Å². The molecule has 0 spiro atoms. The standard InChI is InChI=1S/C16H33NO4/c1-7-10-17-16(6,14(18)20-8-2)9-11-19-12-13-21-15(3,4)5/h17H,7-13H2,1-6H3. The second-order valence-corrected chi connectivity index (χ2v) is 6.30. The van der Waals surface area contributed by atoms with Crippen molar-refractivity contribution in [2.75, 3.05) is 33.0 Å². The van der Waals surface area contributed by atoms with E-state index in [1.165, 1.54) is 0 Å². The second kappa shape index (κ2) is 10.1. The van der Waals surface area contributed by atoms with E-state index in [0.29, 0.717) is 32.8 Å². The minimum Gasteiger partial charge on any atom is -0.465 e. The van der Waals surface area contributed by atoms with Crippen molar-refractivity contribution < 1.29 is 19.0 Å². The molecule has 0 bridgehead atoms. The number of carbonyl (C=O) groups is 1. The maximum absolute atomic E-state index is 12.1. The van der Waals surface area contributed by atoms with Crippen molar-refractivity contribution in [3.05, 3.63) is 0 Å². The molecule has 0 saturated carbocycles. The van der Waals surface area contributed by atoms with Crippen molar-refractivity contribution in [2.45, 2.75) is 65.5 Å². The zero-order chi connectivity index (χ0) is 16.4. The van der Waals surface area contributed by atoms with Crippen molar-refractivity contribution in [1.29, 1.82) is 0 Å². The Morgan fingerprint density at radius 3 is 2.24 bits per heavy atom. The second-order valence-electron chi connectivity index (χ2n) is 6.30. The fraction of sp³-hybridized carbons (Fsp3) is 0.938. The lowest BCUT2D eigenvalue weighted by Crippen LogP contribution is -2.51. The highest BCUT2D eigenvalue weighted by Crippen LogP contribution is 2.13. The largest absolute Gasteiger partial charge is 0.465 e. The monoisotopic (exact) mass is 303 g/mol. The average Bonchev–Trinajstić information content (AvgIpc) is 2.39. The van der Waals surface area contributed by atoms with E-state index in [1.807, 2.05) is 34.6 Å². The number of hydrogen-bond acceptors (Lipinski definition) is 5. The molecule has 0 heterocycles. The first-order chi connectivity index (χ1) is 9.75. The van der Waals surface area contributed by atoms with Crippen LogP contribution in [0.3, 0.4) is 0 Å². The highest BCUT2D eigenvalue weighted by molar-refractivity contribution is 5.80. The van der Waals surface area contributed by atoms with Gasteiger partial charge < -0.3 is 19.5 Å². The van der Waals surface area contributed by atoms with E-state index in [9.17, 15) is 4.79 Å². The predicted molar refractivity (Wildman–Crippen MR) is 84.5 cm³/mol. The number of nitrogens with one attached hydrogen (secondary N) is 1. The summed E-state index contributed by atoms with van der Waals surface area (Å²) in [5, 5.41) is 3.26. The van der Waals surface area contributed by atoms with E-state index in [1.54, 1.807) is 0 Å². The molecule has 0 amide bonds. The molecule has 1 N–H and O–H groups in total. The van der Waals surface area contributed by atoms with Crippen molar-refractivity contribution >= 4 is 5.97 Å². The molecule has 5 nitrogen and oxygen atoms in total. The van der Waals surface area contributed by atoms with Gasteiger partial charge in [-0.25, -0.2) is 0 Å². The summed E-state index contributed by atoms with van der Waals surface area (Å²) in [7, 11) is 0. The molecule has 1 atom stereocenters. The highest BCUT2D eigenvalue weighted by atomic mass is 16.5. The summed E-state index contributed by atoms with van der Waals surface area (Å²) < 4.78 is 16.3. The minimum absolute atomic E-state index is 0.147. The molecule has 0 aromatic carbocycles. The molecule has 0 aliphatic rings. The summed E-state index contributed by atoms with van der Waals surface area (Å²) >= 11 is 0. The third kappa shape index (κ3) is 9.82. The Morgan fingerprint density at radius 2 is 1.71 bits per heavy atom. The number of ether oxygens (including phenoxy) is 3. The zero-order valence-corrected chi connectivity index (χ0v) is 14.6. The minimum atomic E-state index is -0.684. The molecule has 0 fully saturated rings.